The Morgan fingerprint density at radius 1 is 1.36 bits per heavy atom. The maximum Gasteiger partial charge on any atom is 0.223 e. The van der Waals surface area contributed by atoms with E-state index >= 15 is 0 Å². The zero-order chi connectivity index (χ0) is 23.6. The van der Waals surface area contributed by atoms with Gasteiger partial charge in [-0.3, -0.25) is 4.79 Å². The summed E-state index contributed by atoms with van der Waals surface area (Å²) in [6, 6.07) is 5.43. The van der Waals surface area contributed by atoms with E-state index in [0.29, 0.717) is 30.2 Å². The zero-order valence-corrected chi connectivity index (χ0v) is 20.7. The van der Waals surface area contributed by atoms with E-state index in [9.17, 15) is 13.2 Å². The molecule has 0 spiro atoms. The van der Waals surface area contributed by atoms with Crippen molar-refractivity contribution in [2.24, 2.45) is 5.92 Å². The number of aryl methyl sites for hydroxylation is 1. The molecule has 2 aromatic heterocycles. The molecule has 0 saturated carbocycles. The van der Waals surface area contributed by atoms with Crippen molar-refractivity contribution in [2.75, 3.05) is 25.7 Å². The van der Waals surface area contributed by atoms with Crippen LogP contribution in [0.3, 0.4) is 0 Å². The molecule has 176 valence electrons. The number of H-pyrrole nitrogens is 1. The minimum atomic E-state index is -3.03. The van der Waals surface area contributed by atoms with Crippen LogP contribution in [0.25, 0.3) is 11.0 Å². The molecule has 4 rings (SSSR count). The Balaban J connectivity index is 1.56. The molecular formula is C22H25ClN4O4S2. The summed E-state index contributed by atoms with van der Waals surface area (Å²) in [5.74, 6) is 0.529. The molecule has 2 heterocycles. The number of carbonyl (C=O) groups is 1. The van der Waals surface area contributed by atoms with Crippen molar-refractivity contribution >= 4 is 50.1 Å². The molecule has 0 fully saturated rings. The first-order valence-corrected chi connectivity index (χ1v) is 13.8. The first kappa shape index (κ1) is 23.8. The standard InChI is InChI=1S/C22H25ClN4O4S2/c1-31-17-7-5-14(23)11-18(17)32-22-19-15-10-13(21(28)24-8-3-9-33(2,29)30)4-6-16(15)27-20(19)25-12-26-22/h5,7,11-13H,3-4,6,8-10H2,1-2H3,(H,24,28)(H,25,26,27)/t13-/m0/s1. The van der Waals surface area contributed by atoms with E-state index in [-0.39, 0.29) is 17.6 Å². The van der Waals surface area contributed by atoms with E-state index < -0.39 is 9.84 Å². The Kier molecular flexibility index (Phi) is 7.16. The number of nitrogens with zero attached hydrogens (tertiary/aromatic N) is 2. The van der Waals surface area contributed by atoms with Gasteiger partial charge in [-0.25, -0.2) is 18.4 Å². The van der Waals surface area contributed by atoms with E-state index in [4.69, 9.17) is 16.3 Å². The molecule has 0 unspecified atom stereocenters. The predicted molar refractivity (Wildman–Crippen MR) is 129 cm³/mol. The second-order valence-electron chi connectivity index (χ2n) is 8.10. The van der Waals surface area contributed by atoms with Gasteiger partial charge in [-0.05, 0) is 49.4 Å². The number of carbonyl (C=O) groups excluding carboxylic acids is 1. The molecule has 1 atom stereocenters. The van der Waals surface area contributed by atoms with Gasteiger partial charge in [0, 0.05) is 29.4 Å². The summed E-state index contributed by atoms with van der Waals surface area (Å²) in [5.41, 5.74) is 2.87. The lowest BCUT2D eigenvalue weighted by molar-refractivity contribution is -0.125. The molecule has 2 N–H and O–H groups in total. The quantitative estimate of drug-likeness (QED) is 0.354. The monoisotopic (exact) mass is 508 g/mol. The maximum atomic E-state index is 12.7. The molecule has 0 radical (unpaired) electrons. The number of nitrogens with one attached hydrogen (secondary N) is 2. The van der Waals surface area contributed by atoms with E-state index in [1.807, 2.05) is 12.1 Å². The van der Waals surface area contributed by atoms with Gasteiger partial charge >= 0.3 is 0 Å². The first-order valence-electron chi connectivity index (χ1n) is 10.6. The lowest BCUT2D eigenvalue weighted by Crippen LogP contribution is -2.35. The number of sulfone groups is 1. The smallest absolute Gasteiger partial charge is 0.223 e. The Hall–Kier alpha value is -2.30. The Morgan fingerprint density at radius 2 is 2.18 bits per heavy atom. The largest absolute Gasteiger partial charge is 0.496 e. The van der Waals surface area contributed by atoms with Crippen LogP contribution >= 0.6 is 23.4 Å². The number of halogens is 1. The van der Waals surface area contributed by atoms with E-state index in [2.05, 4.69) is 20.3 Å². The summed E-state index contributed by atoms with van der Waals surface area (Å²) in [4.78, 5) is 25.9. The number of benzene rings is 1. The molecule has 3 aromatic rings. The number of amides is 1. The molecule has 1 amide bonds. The minimum Gasteiger partial charge on any atom is -0.496 e. The lowest BCUT2D eigenvalue weighted by atomic mass is 9.86. The summed E-state index contributed by atoms with van der Waals surface area (Å²) >= 11 is 7.65. The highest BCUT2D eigenvalue weighted by Gasteiger charge is 2.29. The molecule has 33 heavy (non-hydrogen) atoms. The van der Waals surface area contributed by atoms with Gasteiger partial charge in [0.05, 0.1) is 23.1 Å². The molecular weight excluding hydrogens is 484 g/mol. The highest BCUT2D eigenvalue weighted by atomic mass is 35.5. The highest BCUT2D eigenvalue weighted by molar-refractivity contribution is 7.99. The van der Waals surface area contributed by atoms with E-state index in [1.54, 1.807) is 13.2 Å². The normalized spacial score (nSPS) is 15.9. The number of aromatic nitrogens is 3. The lowest BCUT2D eigenvalue weighted by Gasteiger charge is -2.22. The molecule has 0 bridgehead atoms. The number of ether oxygens (including phenoxy) is 1. The average Bonchev–Trinajstić information content (AvgIpc) is 3.15. The number of fused-ring (bicyclic) bond motifs is 3. The fraction of sp³-hybridized carbons (Fsp3) is 0.409. The van der Waals surface area contributed by atoms with Crippen molar-refractivity contribution in [1.82, 2.24) is 20.3 Å². The van der Waals surface area contributed by atoms with Crippen molar-refractivity contribution < 1.29 is 17.9 Å². The minimum absolute atomic E-state index is 0.0499. The van der Waals surface area contributed by atoms with Crippen molar-refractivity contribution in [3.8, 4) is 5.75 Å². The third-order valence-electron chi connectivity index (χ3n) is 5.64. The van der Waals surface area contributed by atoms with Crippen LogP contribution in [-0.2, 0) is 27.5 Å². The molecule has 0 aliphatic heterocycles. The second kappa shape index (κ2) is 9.90. The van der Waals surface area contributed by atoms with E-state index in [1.165, 1.54) is 24.3 Å². The van der Waals surface area contributed by atoms with Crippen LogP contribution in [0.1, 0.15) is 24.1 Å². The fourth-order valence-corrected chi connectivity index (χ4v) is 6.01. The van der Waals surface area contributed by atoms with Gasteiger partial charge in [-0.2, -0.15) is 0 Å². The Labute approximate surface area is 201 Å². The van der Waals surface area contributed by atoms with Crippen LogP contribution in [0.5, 0.6) is 5.75 Å². The van der Waals surface area contributed by atoms with Crippen LogP contribution in [0.4, 0.5) is 0 Å². The number of hydrogen-bond acceptors (Lipinski definition) is 7. The SMILES string of the molecule is COc1ccc(Cl)cc1Sc1ncnc2[nH]c3c(c12)C[C@@H](C(=O)NCCCS(C)(=O)=O)CC3. The van der Waals surface area contributed by atoms with Crippen LogP contribution in [0, 0.1) is 5.92 Å². The molecule has 8 nitrogen and oxygen atoms in total. The average molecular weight is 509 g/mol. The molecule has 11 heteroatoms. The van der Waals surface area contributed by atoms with E-state index in [0.717, 1.165) is 45.1 Å². The number of hydrogen-bond donors (Lipinski definition) is 2. The van der Waals surface area contributed by atoms with Crippen molar-refractivity contribution in [2.45, 2.75) is 35.6 Å². The topological polar surface area (TPSA) is 114 Å². The van der Waals surface area contributed by atoms with Gasteiger partial charge in [-0.15, -0.1) is 0 Å². The summed E-state index contributed by atoms with van der Waals surface area (Å²) in [5, 5.41) is 5.18. The predicted octanol–water partition coefficient (Wildman–Crippen LogP) is 3.43. The summed E-state index contributed by atoms with van der Waals surface area (Å²) in [6.07, 6.45) is 5.15. The van der Waals surface area contributed by atoms with Crippen molar-refractivity contribution in [1.29, 1.82) is 0 Å². The third kappa shape index (κ3) is 5.62. The zero-order valence-electron chi connectivity index (χ0n) is 18.4. The Morgan fingerprint density at radius 3 is 2.94 bits per heavy atom. The van der Waals surface area contributed by atoms with Gasteiger partial charge in [0.15, 0.2) is 0 Å². The van der Waals surface area contributed by atoms with Crippen LogP contribution < -0.4 is 10.1 Å². The van der Waals surface area contributed by atoms with Gasteiger partial charge in [0.25, 0.3) is 0 Å². The van der Waals surface area contributed by atoms with Gasteiger partial charge in [0.1, 0.15) is 32.6 Å². The summed E-state index contributed by atoms with van der Waals surface area (Å²) in [7, 11) is -1.42. The molecule has 1 aliphatic rings. The number of aromatic amines is 1. The van der Waals surface area contributed by atoms with Crippen LogP contribution in [0.2, 0.25) is 5.02 Å². The second-order valence-corrected chi connectivity index (χ2v) is 11.8. The Bertz CT molecular complexity index is 1290. The van der Waals surface area contributed by atoms with Crippen LogP contribution in [0.15, 0.2) is 34.4 Å². The van der Waals surface area contributed by atoms with Gasteiger partial charge in [0.2, 0.25) is 5.91 Å². The summed E-state index contributed by atoms with van der Waals surface area (Å²) in [6.45, 7) is 0.349. The van der Waals surface area contributed by atoms with Gasteiger partial charge in [-0.1, -0.05) is 23.4 Å². The van der Waals surface area contributed by atoms with Crippen molar-refractivity contribution in [3.05, 3.63) is 40.8 Å². The highest BCUT2D eigenvalue weighted by Crippen LogP contribution is 2.41. The molecule has 0 saturated heterocycles. The van der Waals surface area contributed by atoms with Gasteiger partial charge < -0.3 is 15.0 Å². The molecule has 1 aromatic carbocycles. The van der Waals surface area contributed by atoms with Crippen LogP contribution in [-0.4, -0.2) is 54.9 Å². The third-order valence-corrected chi connectivity index (χ3v) is 7.94. The molecule has 1 aliphatic carbocycles. The fourth-order valence-electron chi connectivity index (χ4n) is 4.04. The number of rotatable bonds is 8. The number of methoxy groups -OCH3 is 1. The summed E-state index contributed by atoms with van der Waals surface area (Å²) < 4.78 is 28.0. The first-order chi connectivity index (χ1) is 15.7. The van der Waals surface area contributed by atoms with Crippen molar-refractivity contribution in [3.63, 3.8) is 0 Å². The maximum absolute atomic E-state index is 12.7.